The molecule has 0 radical (unpaired) electrons. The normalized spacial score (nSPS) is 12.5. The Hall–Kier alpha value is -0.530. The minimum atomic E-state index is -3.22. The van der Waals surface area contributed by atoms with Crippen LogP contribution in [-0.4, -0.2) is 25.5 Å². The maximum absolute atomic E-state index is 11.3. The minimum Gasteiger partial charge on any atom is -0.329 e. The van der Waals surface area contributed by atoms with Gasteiger partial charge in [-0.15, -0.1) is 6.42 Å². The molecule has 3 nitrogen and oxygen atoms in total. The summed E-state index contributed by atoms with van der Waals surface area (Å²) in [6.07, 6.45) is 4.90. The lowest BCUT2D eigenvalue weighted by atomic mass is 10.2. The predicted octanol–water partition coefficient (Wildman–Crippen LogP) is -0.228. The van der Waals surface area contributed by atoms with E-state index in [1.54, 1.807) is 13.8 Å². The van der Waals surface area contributed by atoms with Gasteiger partial charge in [-0.1, -0.05) is 5.92 Å². The third-order valence-electron chi connectivity index (χ3n) is 1.61. The highest BCUT2D eigenvalue weighted by Gasteiger charge is 2.31. The Morgan fingerprint density at radius 1 is 1.55 bits per heavy atom. The molecular formula is C7H13NO2S. The molecule has 0 bridgehead atoms. The van der Waals surface area contributed by atoms with Gasteiger partial charge in [0.15, 0.2) is 9.84 Å². The summed E-state index contributed by atoms with van der Waals surface area (Å²) in [5, 5.41) is 0. The third kappa shape index (κ3) is 2.21. The first-order chi connectivity index (χ1) is 4.87. The Morgan fingerprint density at radius 2 is 2.00 bits per heavy atom. The molecule has 0 aromatic carbocycles. The van der Waals surface area contributed by atoms with Crippen LogP contribution in [0.3, 0.4) is 0 Å². The molecule has 0 aromatic heterocycles. The summed E-state index contributed by atoms with van der Waals surface area (Å²) >= 11 is 0. The highest BCUT2D eigenvalue weighted by molar-refractivity contribution is 7.93. The van der Waals surface area contributed by atoms with E-state index in [-0.39, 0.29) is 12.3 Å². The maximum Gasteiger partial charge on any atom is 0.167 e. The molecule has 11 heavy (non-hydrogen) atoms. The first-order valence-electron chi connectivity index (χ1n) is 3.23. The van der Waals surface area contributed by atoms with Gasteiger partial charge in [-0.2, -0.15) is 0 Å². The van der Waals surface area contributed by atoms with Gasteiger partial charge in [0, 0.05) is 6.54 Å². The van der Waals surface area contributed by atoms with Crippen molar-refractivity contribution in [1.82, 2.24) is 0 Å². The average Bonchev–Trinajstić information content (AvgIpc) is 1.87. The Bertz CT molecular complexity index is 259. The second-order valence-electron chi connectivity index (χ2n) is 2.93. The minimum absolute atomic E-state index is 0.0943. The average molecular weight is 175 g/mol. The summed E-state index contributed by atoms with van der Waals surface area (Å²) in [5.41, 5.74) is 5.27. The molecule has 0 aliphatic carbocycles. The monoisotopic (exact) mass is 175 g/mol. The van der Waals surface area contributed by atoms with Gasteiger partial charge in [-0.3, -0.25) is 0 Å². The topological polar surface area (TPSA) is 60.2 Å². The van der Waals surface area contributed by atoms with Crippen LogP contribution in [0.4, 0.5) is 0 Å². The molecule has 2 N–H and O–H groups in total. The van der Waals surface area contributed by atoms with Crippen LogP contribution in [0, 0.1) is 12.3 Å². The molecule has 0 aliphatic rings. The van der Waals surface area contributed by atoms with E-state index < -0.39 is 14.6 Å². The van der Waals surface area contributed by atoms with E-state index in [2.05, 4.69) is 5.92 Å². The van der Waals surface area contributed by atoms with Crippen LogP contribution in [0.1, 0.15) is 13.8 Å². The van der Waals surface area contributed by atoms with E-state index in [1.165, 1.54) is 0 Å². The Morgan fingerprint density at radius 3 is 2.27 bits per heavy atom. The molecule has 0 amide bonds. The molecule has 4 heteroatoms. The summed E-state index contributed by atoms with van der Waals surface area (Å²) in [7, 11) is -3.22. The molecule has 0 atom stereocenters. The molecule has 0 aromatic rings. The molecule has 64 valence electrons. The zero-order chi connectivity index (χ0) is 9.12. The van der Waals surface area contributed by atoms with Crippen molar-refractivity contribution in [3.63, 3.8) is 0 Å². The fraction of sp³-hybridized carbons (Fsp3) is 0.714. The largest absolute Gasteiger partial charge is 0.329 e. The van der Waals surface area contributed by atoms with Crippen LogP contribution in [0.25, 0.3) is 0 Å². The molecule has 0 fully saturated rings. The van der Waals surface area contributed by atoms with Gasteiger partial charge in [0.2, 0.25) is 0 Å². The summed E-state index contributed by atoms with van der Waals surface area (Å²) < 4.78 is 21.6. The number of terminal acetylenes is 1. The summed E-state index contributed by atoms with van der Waals surface area (Å²) in [5.74, 6) is 1.87. The smallest absolute Gasteiger partial charge is 0.167 e. The molecule has 0 spiro atoms. The van der Waals surface area contributed by atoms with E-state index in [4.69, 9.17) is 12.2 Å². The van der Waals surface area contributed by atoms with Crippen molar-refractivity contribution in [3.8, 4) is 12.3 Å². The molecule has 0 rings (SSSR count). The molecule has 0 saturated carbocycles. The highest BCUT2D eigenvalue weighted by atomic mass is 32.2. The zero-order valence-electron chi connectivity index (χ0n) is 6.79. The third-order valence-corrected chi connectivity index (χ3v) is 4.00. The summed E-state index contributed by atoms with van der Waals surface area (Å²) in [6, 6.07) is 0. The summed E-state index contributed by atoms with van der Waals surface area (Å²) in [4.78, 5) is 0. The predicted molar refractivity (Wildman–Crippen MR) is 45.8 cm³/mol. The lowest BCUT2D eigenvalue weighted by Crippen LogP contribution is -2.40. The first-order valence-corrected chi connectivity index (χ1v) is 4.88. The number of hydrogen-bond donors (Lipinski definition) is 1. The van der Waals surface area contributed by atoms with E-state index in [0.717, 1.165) is 0 Å². The van der Waals surface area contributed by atoms with Crippen molar-refractivity contribution in [2.45, 2.75) is 18.6 Å². The van der Waals surface area contributed by atoms with E-state index in [9.17, 15) is 8.42 Å². The lowest BCUT2D eigenvalue weighted by Gasteiger charge is -2.20. The van der Waals surface area contributed by atoms with E-state index >= 15 is 0 Å². The fourth-order valence-electron chi connectivity index (χ4n) is 0.432. The van der Waals surface area contributed by atoms with Crippen molar-refractivity contribution in [2.24, 2.45) is 5.73 Å². The zero-order valence-corrected chi connectivity index (χ0v) is 7.61. The number of nitrogens with two attached hydrogens (primary N) is 1. The van der Waals surface area contributed by atoms with Crippen LogP contribution < -0.4 is 5.73 Å². The Labute approximate surface area is 67.9 Å². The SMILES string of the molecule is C#CCS(=O)(=O)C(C)(C)CN. The van der Waals surface area contributed by atoms with Crippen LogP contribution in [0.5, 0.6) is 0 Å². The van der Waals surface area contributed by atoms with Gasteiger partial charge in [-0.25, -0.2) is 8.42 Å². The van der Waals surface area contributed by atoms with Crippen molar-refractivity contribution < 1.29 is 8.42 Å². The quantitative estimate of drug-likeness (QED) is 0.603. The van der Waals surface area contributed by atoms with Crippen LogP contribution in [0.15, 0.2) is 0 Å². The van der Waals surface area contributed by atoms with Gasteiger partial charge >= 0.3 is 0 Å². The van der Waals surface area contributed by atoms with Crippen molar-refractivity contribution in [1.29, 1.82) is 0 Å². The van der Waals surface area contributed by atoms with Gasteiger partial charge in [-0.05, 0) is 13.8 Å². The summed E-state index contributed by atoms with van der Waals surface area (Å²) in [6.45, 7) is 3.23. The fourth-order valence-corrected chi connectivity index (χ4v) is 1.30. The Kier molecular flexibility index (Phi) is 3.09. The van der Waals surface area contributed by atoms with Crippen molar-refractivity contribution in [2.75, 3.05) is 12.3 Å². The second kappa shape index (κ2) is 3.24. The highest BCUT2D eigenvalue weighted by Crippen LogP contribution is 2.14. The second-order valence-corrected chi connectivity index (χ2v) is 5.55. The van der Waals surface area contributed by atoms with Gasteiger partial charge in [0.05, 0.1) is 4.75 Å². The molecule has 0 heterocycles. The van der Waals surface area contributed by atoms with Crippen molar-refractivity contribution in [3.05, 3.63) is 0 Å². The van der Waals surface area contributed by atoms with Gasteiger partial charge in [0.25, 0.3) is 0 Å². The van der Waals surface area contributed by atoms with Gasteiger partial charge in [0.1, 0.15) is 5.75 Å². The van der Waals surface area contributed by atoms with Gasteiger partial charge < -0.3 is 5.73 Å². The molecule has 0 saturated heterocycles. The lowest BCUT2D eigenvalue weighted by molar-refractivity contribution is 0.552. The van der Waals surface area contributed by atoms with Crippen molar-refractivity contribution >= 4 is 9.84 Å². The molecule has 0 aliphatic heterocycles. The number of rotatable bonds is 3. The van der Waals surface area contributed by atoms with E-state index in [0.29, 0.717) is 0 Å². The van der Waals surface area contributed by atoms with Crippen LogP contribution in [0.2, 0.25) is 0 Å². The first kappa shape index (κ1) is 10.5. The molecular weight excluding hydrogens is 162 g/mol. The van der Waals surface area contributed by atoms with Crippen LogP contribution >= 0.6 is 0 Å². The number of sulfone groups is 1. The van der Waals surface area contributed by atoms with Crippen LogP contribution in [-0.2, 0) is 9.84 Å². The van der Waals surface area contributed by atoms with E-state index in [1.807, 2.05) is 0 Å². The maximum atomic E-state index is 11.3. The molecule has 0 unspecified atom stereocenters. The Balaban J connectivity index is 4.73. The standard InChI is InChI=1S/C7H13NO2S/c1-4-5-11(9,10)7(2,3)6-8/h1H,5-6,8H2,2-3H3. The number of hydrogen-bond acceptors (Lipinski definition) is 3.